The third kappa shape index (κ3) is 6.62. The minimum atomic E-state index is 0.921. The summed E-state index contributed by atoms with van der Waals surface area (Å²) < 4.78 is 0. The summed E-state index contributed by atoms with van der Waals surface area (Å²) >= 11 is 6.00. The van der Waals surface area contributed by atoms with Crippen LogP contribution in [0.25, 0.3) is 32.7 Å². The zero-order chi connectivity index (χ0) is 26.9. The molecule has 0 fully saturated rings. The van der Waals surface area contributed by atoms with Crippen LogP contribution in [0, 0.1) is 0 Å². The van der Waals surface area contributed by atoms with Crippen LogP contribution in [-0.4, -0.2) is 12.4 Å². The van der Waals surface area contributed by atoms with Crippen molar-refractivity contribution in [2.45, 2.75) is 0 Å². The van der Waals surface area contributed by atoms with Crippen LogP contribution >= 0.6 is 28.5 Å². The van der Waals surface area contributed by atoms with E-state index in [0.717, 1.165) is 44.4 Å². The van der Waals surface area contributed by atoms with Gasteiger partial charge in [-0.1, -0.05) is 121 Å². The van der Waals surface area contributed by atoms with Crippen LogP contribution in [0.5, 0.6) is 0 Å². The average molecular weight is 679 g/mol. The van der Waals surface area contributed by atoms with Crippen LogP contribution < -0.4 is 0 Å². The minimum absolute atomic E-state index is 0.921. The summed E-state index contributed by atoms with van der Waals surface area (Å²) in [6, 6.07) is 46.0. The van der Waals surface area contributed by atoms with Crippen molar-refractivity contribution in [1.29, 1.82) is 0 Å². The zero-order valence-electron chi connectivity index (χ0n) is 20.8. The van der Waals surface area contributed by atoms with E-state index in [-0.39, 0.29) is 0 Å². The summed E-state index contributed by atoms with van der Waals surface area (Å²) in [5.41, 5.74) is 6.17. The molecular weight excluding hydrogens is 655 g/mol. The first-order valence-electron chi connectivity index (χ1n) is 12.3. The Kier molecular flexibility index (Phi) is 9.50. The Morgan fingerprint density at radius 3 is 1.21 bits per heavy atom. The molecule has 6 aromatic rings. The molecule has 0 N–H and O–H groups in total. The van der Waals surface area contributed by atoms with Gasteiger partial charge in [-0.05, 0) is 44.8 Å². The SMILES string of the molecule is C(=Nc1ccc2ccccc2c1-c1c(N=Cc2ccccc2)ccc2ccccc12)c1ccccc1.[Br][Ni][Br]. The predicted molar refractivity (Wildman–Crippen MR) is 172 cm³/mol. The molecule has 39 heavy (non-hydrogen) atoms. The number of hydrogen-bond acceptors (Lipinski definition) is 2. The molecule has 0 saturated carbocycles. The van der Waals surface area contributed by atoms with E-state index >= 15 is 0 Å². The summed E-state index contributed by atoms with van der Waals surface area (Å²) in [7, 11) is 1.25. The van der Waals surface area contributed by atoms with E-state index in [0.29, 0.717) is 0 Å². The molecule has 194 valence electrons. The van der Waals surface area contributed by atoms with Crippen LogP contribution in [0.15, 0.2) is 143 Å². The second-order valence-electron chi connectivity index (χ2n) is 8.74. The predicted octanol–water partition coefficient (Wildman–Crippen LogP) is 10.8. The van der Waals surface area contributed by atoms with Crippen LogP contribution in [0.4, 0.5) is 11.4 Å². The van der Waals surface area contributed by atoms with E-state index in [4.69, 9.17) is 9.98 Å². The van der Waals surface area contributed by atoms with E-state index in [9.17, 15) is 0 Å². The second-order valence-corrected chi connectivity index (χ2v) is 13.7. The van der Waals surface area contributed by atoms with Gasteiger partial charge in [-0.25, -0.2) is 0 Å². The van der Waals surface area contributed by atoms with Crippen molar-refractivity contribution in [3.8, 4) is 11.1 Å². The molecule has 0 radical (unpaired) electrons. The van der Waals surface area contributed by atoms with Gasteiger partial charge in [0.2, 0.25) is 0 Å². The van der Waals surface area contributed by atoms with Crippen molar-refractivity contribution in [3.63, 3.8) is 0 Å². The monoisotopic (exact) mass is 676 g/mol. The Balaban J connectivity index is 0.000000983. The van der Waals surface area contributed by atoms with Crippen molar-refractivity contribution in [2.75, 3.05) is 0 Å². The van der Waals surface area contributed by atoms with Crippen LogP contribution in [0.3, 0.4) is 0 Å². The molecular formula is C34H24Br2N2Ni. The third-order valence-electron chi connectivity index (χ3n) is 6.37. The maximum absolute atomic E-state index is 4.99. The molecule has 0 saturated heterocycles. The molecule has 0 aliphatic heterocycles. The number of nitrogens with zero attached hydrogens (tertiary/aromatic N) is 2. The Morgan fingerprint density at radius 1 is 0.436 bits per heavy atom. The fourth-order valence-corrected chi connectivity index (χ4v) is 4.63. The molecule has 6 aromatic carbocycles. The first-order valence-corrected chi connectivity index (χ1v) is 17.2. The standard InChI is InChI=1S/C34H24N2.2BrH.Ni/c1-3-11-25(12-4-1)23-35-31-21-19-27-15-7-9-17-29(27)33(31)34-30-18-10-8-16-28(30)20-22-32(34)36-24-26-13-5-2-6-14-26;;;/h1-24H;2*1H;/q;;;+2/p-2. The first kappa shape index (κ1) is 27.2. The molecule has 0 atom stereocenters. The molecule has 0 heterocycles. The molecule has 0 unspecified atom stereocenters. The second kappa shape index (κ2) is 13.6. The van der Waals surface area contributed by atoms with Gasteiger partial charge < -0.3 is 0 Å². The quantitative estimate of drug-likeness (QED) is 0.128. The summed E-state index contributed by atoms with van der Waals surface area (Å²) in [5.74, 6) is 0. The van der Waals surface area contributed by atoms with Crippen molar-refractivity contribution < 1.29 is 10.9 Å². The number of rotatable bonds is 5. The Bertz CT molecular complexity index is 1620. The van der Waals surface area contributed by atoms with Crippen molar-refractivity contribution >= 4 is 73.8 Å². The topological polar surface area (TPSA) is 24.7 Å². The van der Waals surface area contributed by atoms with E-state index in [1.54, 1.807) is 0 Å². The van der Waals surface area contributed by atoms with E-state index in [1.807, 2.05) is 48.8 Å². The molecule has 0 aliphatic carbocycles. The molecule has 5 heteroatoms. The normalized spacial score (nSPS) is 11.3. The van der Waals surface area contributed by atoms with Crippen molar-refractivity contribution in [1.82, 2.24) is 0 Å². The number of aliphatic imine (C=N–C) groups is 2. The fraction of sp³-hybridized carbons (Fsp3) is 0. The fourth-order valence-electron chi connectivity index (χ4n) is 4.63. The van der Waals surface area contributed by atoms with Gasteiger partial charge in [0.1, 0.15) is 0 Å². The van der Waals surface area contributed by atoms with Crippen molar-refractivity contribution in [2.24, 2.45) is 9.98 Å². The van der Waals surface area contributed by atoms with Gasteiger partial charge in [0, 0.05) is 23.6 Å². The number of fused-ring (bicyclic) bond motifs is 2. The van der Waals surface area contributed by atoms with Gasteiger partial charge in [0.15, 0.2) is 0 Å². The van der Waals surface area contributed by atoms with Gasteiger partial charge in [-0.15, -0.1) is 0 Å². The molecule has 0 bridgehead atoms. The van der Waals surface area contributed by atoms with Gasteiger partial charge in [-0.3, -0.25) is 9.98 Å². The Morgan fingerprint density at radius 2 is 0.795 bits per heavy atom. The van der Waals surface area contributed by atoms with Crippen LogP contribution in [0.1, 0.15) is 11.1 Å². The van der Waals surface area contributed by atoms with E-state index in [1.165, 1.54) is 21.7 Å². The third-order valence-corrected chi connectivity index (χ3v) is 6.37. The summed E-state index contributed by atoms with van der Waals surface area (Å²) in [5, 5.41) is 4.68. The first-order chi connectivity index (χ1) is 19.3. The van der Waals surface area contributed by atoms with Gasteiger partial charge in [-0.2, -0.15) is 0 Å². The van der Waals surface area contributed by atoms with Gasteiger partial charge in [0.25, 0.3) is 0 Å². The van der Waals surface area contributed by atoms with E-state index in [2.05, 4.69) is 126 Å². The van der Waals surface area contributed by atoms with Gasteiger partial charge in [0.05, 0.1) is 11.4 Å². The average Bonchev–Trinajstić information content (AvgIpc) is 3.00. The molecule has 0 amide bonds. The number of halogens is 2. The van der Waals surface area contributed by atoms with E-state index < -0.39 is 0 Å². The van der Waals surface area contributed by atoms with Crippen molar-refractivity contribution in [3.05, 3.63) is 145 Å². The summed E-state index contributed by atoms with van der Waals surface area (Å²) in [6.45, 7) is 0. The number of benzene rings is 6. The zero-order valence-corrected chi connectivity index (χ0v) is 25.0. The number of hydrogen-bond donors (Lipinski definition) is 0. The van der Waals surface area contributed by atoms with Crippen LogP contribution in [0.2, 0.25) is 0 Å². The molecule has 6 rings (SSSR count). The Hall–Kier alpha value is -3.37. The summed E-state index contributed by atoms with van der Waals surface area (Å²) in [6.07, 6.45) is 3.87. The molecule has 0 aliphatic rings. The van der Waals surface area contributed by atoms with Gasteiger partial charge >= 0.3 is 39.3 Å². The molecule has 0 spiro atoms. The maximum atomic E-state index is 4.99. The molecule has 0 aromatic heterocycles. The van der Waals surface area contributed by atoms with Crippen LogP contribution in [-0.2, 0) is 10.9 Å². The molecule has 2 nitrogen and oxygen atoms in total. The summed E-state index contributed by atoms with van der Waals surface area (Å²) in [4.78, 5) is 9.98. The Labute approximate surface area is 248 Å².